The molecule has 3 heteroatoms. The minimum atomic E-state index is -0.470. The van der Waals surface area contributed by atoms with Crippen molar-refractivity contribution in [3.8, 4) is 5.75 Å². The van der Waals surface area contributed by atoms with Crippen LogP contribution in [0.25, 0.3) is 0 Å². The Labute approximate surface area is 131 Å². The van der Waals surface area contributed by atoms with E-state index < -0.39 is 5.41 Å². The summed E-state index contributed by atoms with van der Waals surface area (Å²) >= 11 is 0. The second-order valence-corrected chi connectivity index (χ2v) is 6.55. The molecule has 2 aliphatic rings. The lowest BCUT2D eigenvalue weighted by Crippen LogP contribution is -2.38. The van der Waals surface area contributed by atoms with Gasteiger partial charge >= 0.3 is 0 Å². The SMILES string of the molecule is COc1ccc2c(c1)CCC(=O)C2(C)CCC1CC=CC1=O. The molecule has 0 bridgehead atoms. The zero-order valence-corrected chi connectivity index (χ0v) is 13.2. The first-order valence-corrected chi connectivity index (χ1v) is 7.95. The van der Waals surface area contributed by atoms with Gasteiger partial charge in [-0.25, -0.2) is 0 Å². The molecule has 0 radical (unpaired) electrons. The van der Waals surface area contributed by atoms with E-state index in [-0.39, 0.29) is 11.7 Å². The predicted molar refractivity (Wildman–Crippen MR) is 85.2 cm³/mol. The summed E-state index contributed by atoms with van der Waals surface area (Å²) in [6, 6.07) is 6.00. The summed E-state index contributed by atoms with van der Waals surface area (Å²) in [7, 11) is 1.66. The molecular weight excluding hydrogens is 276 g/mol. The first-order valence-electron chi connectivity index (χ1n) is 7.95. The van der Waals surface area contributed by atoms with E-state index in [4.69, 9.17) is 4.74 Å². The summed E-state index contributed by atoms with van der Waals surface area (Å²) in [5.41, 5.74) is 1.85. The van der Waals surface area contributed by atoms with Gasteiger partial charge in [-0.2, -0.15) is 0 Å². The maximum Gasteiger partial charge on any atom is 0.158 e. The Hall–Kier alpha value is -1.90. The van der Waals surface area contributed by atoms with Crippen LogP contribution in [0.3, 0.4) is 0 Å². The van der Waals surface area contributed by atoms with E-state index in [2.05, 4.69) is 0 Å². The number of methoxy groups -OCH3 is 1. The number of Topliss-reactive ketones (excluding diaryl/α,β-unsaturated/α-hetero) is 1. The van der Waals surface area contributed by atoms with Gasteiger partial charge in [-0.15, -0.1) is 0 Å². The largest absolute Gasteiger partial charge is 0.497 e. The molecule has 0 N–H and O–H groups in total. The summed E-state index contributed by atoms with van der Waals surface area (Å²) in [6.45, 7) is 2.03. The Morgan fingerprint density at radius 3 is 2.77 bits per heavy atom. The maximum absolute atomic E-state index is 12.6. The lowest BCUT2D eigenvalue weighted by molar-refractivity contribution is -0.125. The molecule has 116 valence electrons. The predicted octanol–water partition coefficient (Wildman–Crippen LogP) is 3.39. The minimum Gasteiger partial charge on any atom is -0.497 e. The molecule has 3 nitrogen and oxygen atoms in total. The van der Waals surface area contributed by atoms with Crippen molar-refractivity contribution in [2.45, 2.75) is 44.4 Å². The Morgan fingerprint density at radius 2 is 2.09 bits per heavy atom. The molecule has 1 aromatic carbocycles. The van der Waals surface area contributed by atoms with Crippen molar-refractivity contribution in [2.75, 3.05) is 7.11 Å². The number of benzene rings is 1. The van der Waals surface area contributed by atoms with Crippen LogP contribution in [-0.4, -0.2) is 18.7 Å². The Bertz CT molecular complexity index is 644. The molecule has 22 heavy (non-hydrogen) atoms. The standard InChI is InChI=1S/C19H22O3/c1-19(11-10-13-4-3-5-17(13)20)16-8-7-15(22-2)12-14(16)6-9-18(19)21/h3,5,7-8,12-13H,4,6,9-11H2,1-2H3. The summed E-state index contributed by atoms with van der Waals surface area (Å²) < 4.78 is 5.29. The van der Waals surface area contributed by atoms with Crippen molar-refractivity contribution >= 4 is 11.6 Å². The molecule has 0 aliphatic heterocycles. The number of carbonyl (C=O) groups is 2. The molecule has 0 amide bonds. The van der Waals surface area contributed by atoms with E-state index in [0.29, 0.717) is 12.2 Å². The maximum atomic E-state index is 12.6. The van der Waals surface area contributed by atoms with Gasteiger partial charge in [0.05, 0.1) is 12.5 Å². The van der Waals surface area contributed by atoms with Crippen molar-refractivity contribution in [3.05, 3.63) is 41.5 Å². The van der Waals surface area contributed by atoms with E-state index in [9.17, 15) is 9.59 Å². The van der Waals surface area contributed by atoms with Gasteiger partial charge in [0.15, 0.2) is 5.78 Å². The number of fused-ring (bicyclic) bond motifs is 1. The average molecular weight is 298 g/mol. The van der Waals surface area contributed by atoms with Crippen LogP contribution in [0.2, 0.25) is 0 Å². The van der Waals surface area contributed by atoms with Gasteiger partial charge in [-0.05, 0) is 61.9 Å². The van der Waals surface area contributed by atoms with Crippen LogP contribution < -0.4 is 4.74 Å². The lowest BCUT2D eigenvalue weighted by Gasteiger charge is -2.35. The summed E-state index contributed by atoms with van der Waals surface area (Å²) in [5.74, 6) is 1.41. The third kappa shape index (κ3) is 2.49. The molecule has 0 spiro atoms. The van der Waals surface area contributed by atoms with Crippen molar-refractivity contribution in [2.24, 2.45) is 5.92 Å². The Kier molecular flexibility index (Phi) is 3.90. The third-order valence-electron chi connectivity index (χ3n) is 5.24. The highest BCUT2D eigenvalue weighted by molar-refractivity contribution is 5.94. The summed E-state index contributed by atoms with van der Waals surface area (Å²) in [4.78, 5) is 24.4. The first kappa shape index (κ1) is 15.0. The normalized spacial score (nSPS) is 27.1. The van der Waals surface area contributed by atoms with Crippen LogP contribution in [-0.2, 0) is 21.4 Å². The zero-order chi connectivity index (χ0) is 15.7. The number of carbonyl (C=O) groups excluding carboxylic acids is 2. The fraction of sp³-hybridized carbons (Fsp3) is 0.474. The highest BCUT2D eigenvalue weighted by atomic mass is 16.5. The second kappa shape index (κ2) is 5.71. The number of hydrogen-bond donors (Lipinski definition) is 0. The minimum absolute atomic E-state index is 0.0632. The molecule has 0 saturated heterocycles. The molecule has 2 aliphatic carbocycles. The van der Waals surface area contributed by atoms with E-state index in [1.807, 2.05) is 31.2 Å². The van der Waals surface area contributed by atoms with Crippen LogP contribution in [0.4, 0.5) is 0 Å². The second-order valence-electron chi connectivity index (χ2n) is 6.55. The molecule has 2 atom stereocenters. The average Bonchev–Trinajstić information content (AvgIpc) is 2.94. The first-order chi connectivity index (χ1) is 10.5. The van der Waals surface area contributed by atoms with Crippen LogP contribution >= 0.6 is 0 Å². The number of rotatable bonds is 4. The van der Waals surface area contributed by atoms with E-state index in [1.54, 1.807) is 13.2 Å². The monoisotopic (exact) mass is 298 g/mol. The molecule has 0 heterocycles. The van der Waals surface area contributed by atoms with Crippen molar-refractivity contribution in [3.63, 3.8) is 0 Å². The van der Waals surface area contributed by atoms with Gasteiger partial charge in [0.1, 0.15) is 11.5 Å². The number of allylic oxidation sites excluding steroid dienone is 2. The van der Waals surface area contributed by atoms with E-state index >= 15 is 0 Å². The fourth-order valence-corrected chi connectivity index (χ4v) is 3.71. The quantitative estimate of drug-likeness (QED) is 0.855. The van der Waals surface area contributed by atoms with E-state index in [1.165, 1.54) is 5.56 Å². The smallest absolute Gasteiger partial charge is 0.158 e. The van der Waals surface area contributed by atoms with Gasteiger partial charge in [-0.1, -0.05) is 12.1 Å². The van der Waals surface area contributed by atoms with Crippen LogP contribution in [0.15, 0.2) is 30.4 Å². The molecule has 0 fully saturated rings. The Balaban J connectivity index is 1.85. The number of ketones is 2. The van der Waals surface area contributed by atoms with Gasteiger partial charge in [0.25, 0.3) is 0 Å². The summed E-state index contributed by atoms with van der Waals surface area (Å²) in [5, 5.41) is 0. The van der Waals surface area contributed by atoms with Crippen LogP contribution in [0.1, 0.15) is 43.7 Å². The Morgan fingerprint density at radius 1 is 1.27 bits per heavy atom. The zero-order valence-electron chi connectivity index (χ0n) is 13.2. The van der Waals surface area contributed by atoms with Crippen LogP contribution in [0.5, 0.6) is 5.75 Å². The molecule has 1 aromatic rings. The number of hydrogen-bond acceptors (Lipinski definition) is 3. The number of ether oxygens (including phenoxy) is 1. The fourth-order valence-electron chi connectivity index (χ4n) is 3.71. The van der Waals surface area contributed by atoms with Crippen molar-refractivity contribution in [1.82, 2.24) is 0 Å². The van der Waals surface area contributed by atoms with Gasteiger partial charge < -0.3 is 4.74 Å². The third-order valence-corrected chi connectivity index (χ3v) is 5.24. The highest BCUT2D eigenvalue weighted by Crippen LogP contribution is 2.41. The molecule has 2 unspecified atom stereocenters. The van der Waals surface area contributed by atoms with Gasteiger partial charge in [-0.3, -0.25) is 9.59 Å². The molecule has 0 saturated carbocycles. The lowest BCUT2D eigenvalue weighted by atomic mass is 9.67. The summed E-state index contributed by atoms with van der Waals surface area (Å²) in [6.07, 6.45) is 7.31. The molecule has 0 aromatic heterocycles. The topological polar surface area (TPSA) is 43.4 Å². The van der Waals surface area contributed by atoms with Crippen molar-refractivity contribution in [1.29, 1.82) is 0 Å². The highest BCUT2D eigenvalue weighted by Gasteiger charge is 2.40. The molecular formula is C19H22O3. The van der Waals surface area contributed by atoms with Crippen molar-refractivity contribution < 1.29 is 14.3 Å². The molecule has 3 rings (SSSR count). The number of aryl methyl sites for hydroxylation is 1. The van der Waals surface area contributed by atoms with Gasteiger partial charge in [0, 0.05) is 12.3 Å². The van der Waals surface area contributed by atoms with Gasteiger partial charge in [0.2, 0.25) is 0 Å². The van der Waals surface area contributed by atoms with E-state index in [0.717, 1.165) is 37.0 Å². The van der Waals surface area contributed by atoms with Crippen LogP contribution in [0, 0.1) is 5.92 Å².